The molecular weight excluding hydrogens is 577 g/mol. The number of amides is 1. The summed E-state index contributed by atoms with van der Waals surface area (Å²) < 4.78 is 6.06. The van der Waals surface area contributed by atoms with Crippen LogP contribution in [0.25, 0.3) is 22.4 Å². The molecule has 0 radical (unpaired) electrons. The first-order chi connectivity index (χ1) is 19.4. The van der Waals surface area contributed by atoms with Crippen LogP contribution in [0.1, 0.15) is 49.0 Å². The van der Waals surface area contributed by atoms with E-state index in [2.05, 4.69) is 10.2 Å². The van der Waals surface area contributed by atoms with Crippen molar-refractivity contribution in [3.8, 4) is 28.1 Å². The predicted molar refractivity (Wildman–Crippen MR) is 169 cm³/mol. The van der Waals surface area contributed by atoms with Gasteiger partial charge in [-0.05, 0) is 107 Å². The van der Waals surface area contributed by atoms with Gasteiger partial charge in [-0.15, -0.1) is 12.4 Å². The Labute approximate surface area is 259 Å². The lowest BCUT2D eigenvalue weighted by Gasteiger charge is -2.54. The molecule has 4 fully saturated rings. The fraction of sp³-hybridized carbons (Fsp3) is 0.455. The highest BCUT2D eigenvalue weighted by Crippen LogP contribution is 2.53. The van der Waals surface area contributed by atoms with E-state index in [-0.39, 0.29) is 24.4 Å². The fourth-order valence-electron chi connectivity index (χ4n) is 7.41. The molecule has 4 bridgehead atoms. The molecule has 3 aromatic rings. The van der Waals surface area contributed by atoms with Crippen molar-refractivity contribution in [2.45, 2.75) is 44.6 Å². The summed E-state index contributed by atoms with van der Waals surface area (Å²) in [4.78, 5) is 20.7. The highest BCUT2D eigenvalue weighted by Gasteiger charge is 2.48. The van der Waals surface area contributed by atoms with Crippen molar-refractivity contribution in [2.24, 2.45) is 23.7 Å². The van der Waals surface area contributed by atoms with Gasteiger partial charge in [0.1, 0.15) is 11.4 Å². The van der Waals surface area contributed by atoms with Crippen molar-refractivity contribution in [1.29, 1.82) is 0 Å². The van der Waals surface area contributed by atoms with Gasteiger partial charge in [-0.1, -0.05) is 47.5 Å². The van der Waals surface area contributed by atoms with Gasteiger partial charge in [-0.25, -0.2) is 4.98 Å². The molecule has 2 aromatic carbocycles. The number of rotatable bonds is 9. The monoisotopic (exact) mass is 613 g/mol. The molecule has 1 N–H and O–H groups in total. The second-order valence-corrected chi connectivity index (χ2v) is 13.0. The number of nitrogens with one attached hydrogen (secondary N) is 1. The van der Waals surface area contributed by atoms with Crippen LogP contribution in [0.5, 0.6) is 5.75 Å². The summed E-state index contributed by atoms with van der Waals surface area (Å²) in [7, 11) is 4.09. The summed E-state index contributed by atoms with van der Waals surface area (Å²) in [6.07, 6.45) is 7.30. The van der Waals surface area contributed by atoms with E-state index < -0.39 is 0 Å². The first-order valence-corrected chi connectivity index (χ1v) is 15.3. The minimum Gasteiger partial charge on any atom is -0.492 e. The fourth-order valence-corrected chi connectivity index (χ4v) is 7.82. The first-order valence-electron chi connectivity index (χ1n) is 14.5. The number of aromatic nitrogens is 1. The van der Waals surface area contributed by atoms with Crippen LogP contribution >= 0.6 is 35.6 Å². The van der Waals surface area contributed by atoms with Crippen LogP contribution in [0.2, 0.25) is 10.0 Å². The van der Waals surface area contributed by atoms with Crippen molar-refractivity contribution < 1.29 is 9.53 Å². The largest absolute Gasteiger partial charge is 0.492 e. The van der Waals surface area contributed by atoms with Crippen LogP contribution in [-0.4, -0.2) is 49.1 Å². The molecule has 0 aliphatic heterocycles. The van der Waals surface area contributed by atoms with Crippen LogP contribution in [-0.2, 0) is 0 Å². The molecule has 7 rings (SSSR count). The number of benzene rings is 2. The molecule has 41 heavy (non-hydrogen) atoms. The summed E-state index contributed by atoms with van der Waals surface area (Å²) in [5.41, 5.74) is 3.65. The van der Waals surface area contributed by atoms with E-state index in [4.69, 9.17) is 32.9 Å². The minimum absolute atomic E-state index is 0. The van der Waals surface area contributed by atoms with Crippen LogP contribution in [0.3, 0.4) is 0 Å². The number of halogens is 3. The third kappa shape index (κ3) is 6.54. The minimum atomic E-state index is -0.0986. The van der Waals surface area contributed by atoms with E-state index >= 15 is 0 Å². The quantitative estimate of drug-likeness (QED) is 0.248. The molecule has 1 aromatic heterocycles. The van der Waals surface area contributed by atoms with Gasteiger partial charge in [0.15, 0.2) is 0 Å². The van der Waals surface area contributed by atoms with Gasteiger partial charge in [0.05, 0.1) is 17.3 Å². The molecule has 0 atom stereocenters. The molecule has 0 spiro atoms. The number of ether oxygens (including phenoxy) is 1. The summed E-state index contributed by atoms with van der Waals surface area (Å²) in [5, 5.41) is 4.59. The van der Waals surface area contributed by atoms with Gasteiger partial charge in [0.25, 0.3) is 5.91 Å². The molecule has 4 saturated carbocycles. The van der Waals surface area contributed by atoms with Crippen LogP contribution < -0.4 is 10.1 Å². The molecule has 4 aliphatic rings. The Hall–Kier alpha value is -2.31. The Morgan fingerprint density at radius 1 is 0.927 bits per heavy atom. The van der Waals surface area contributed by atoms with E-state index in [0.29, 0.717) is 45.6 Å². The van der Waals surface area contributed by atoms with E-state index in [9.17, 15) is 4.79 Å². The highest BCUT2D eigenvalue weighted by molar-refractivity contribution is 6.33. The second-order valence-electron chi connectivity index (χ2n) is 12.2. The number of hydrogen-bond donors (Lipinski definition) is 1. The van der Waals surface area contributed by atoms with Crippen molar-refractivity contribution in [1.82, 2.24) is 15.2 Å². The zero-order valence-corrected chi connectivity index (χ0v) is 25.9. The molecule has 4 aliphatic carbocycles. The maximum Gasteiger partial charge on any atom is 0.270 e. The van der Waals surface area contributed by atoms with Gasteiger partial charge < -0.3 is 15.0 Å². The van der Waals surface area contributed by atoms with Crippen molar-refractivity contribution in [3.05, 3.63) is 70.3 Å². The van der Waals surface area contributed by atoms with E-state index in [1.54, 1.807) is 0 Å². The molecule has 0 saturated heterocycles. The average molecular weight is 615 g/mol. The zero-order valence-electron chi connectivity index (χ0n) is 23.6. The molecular formula is C33H38Cl3N3O2. The smallest absolute Gasteiger partial charge is 0.270 e. The van der Waals surface area contributed by atoms with Gasteiger partial charge in [-0.3, -0.25) is 4.79 Å². The highest BCUT2D eigenvalue weighted by atomic mass is 35.5. The van der Waals surface area contributed by atoms with Crippen LogP contribution in [0.15, 0.2) is 54.6 Å². The lowest BCUT2D eigenvalue weighted by molar-refractivity contribution is -0.0120. The number of carbonyl (C=O) groups is 1. The summed E-state index contributed by atoms with van der Waals surface area (Å²) in [6.45, 7) is 1.48. The van der Waals surface area contributed by atoms with E-state index in [1.807, 2.05) is 68.7 Å². The average Bonchev–Trinajstić information content (AvgIpc) is 2.93. The topological polar surface area (TPSA) is 54.5 Å². The summed E-state index contributed by atoms with van der Waals surface area (Å²) in [6, 6.07) is 17.4. The number of nitrogens with zero attached hydrogens (tertiary/aromatic N) is 2. The first kappa shape index (κ1) is 30.2. The van der Waals surface area contributed by atoms with Crippen molar-refractivity contribution >= 4 is 41.5 Å². The van der Waals surface area contributed by atoms with Crippen LogP contribution in [0, 0.1) is 23.7 Å². The lowest BCUT2D eigenvalue weighted by atomic mass is 9.54. The van der Waals surface area contributed by atoms with Crippen LogP contribution in [0.4, 0.5) is 0 Å². The third-order valence-electron chi connectivity index (χ3n) is 9.03. The molecule has 0 unspecified atom stereocenters. The van der Waals surface area contributed by atoms with Gasteiger partial charge in [0, 0.05) is 34.3 Å². The normalized spacial score (nSPS) is 24.3. The Morgan fingerprint density at radius 3 is 2.32 bits per heavy atom. The maximum atomic E-state index is 13.6. The van der Waals surface area contributed by atoms with Crippen molar-refractivity contribution in [2.75, 3.05) is 27.2 Å². The molecule has 5 nitrogen and oxygen atoms in total. The van der Waals surface area contributed by atoms with Gasteiger partial charge in [0.2, 0.25) is 0 Å². The molecule has 1 amide bonds. The maximum absolute atomic E-state index is 13.6. The molecule has 8 heteroatoms. The van der Waals surface area contributed by atoms with Gasteiger partial charge in [-0.2, -0.15) is 0 Å². The third-order valence-corrected chi connectivity index (χ3v) is 9.67. The number of pyridine rings is 1. The van der Waals surface area contributed by atoms with E-state index in [0.717, 1.165) is 41.5 Å². The molecule has 1 heterocycles. The van der Waals surface area contributed by atoms with E-state index in [1.165, 1.54) is 32.1 Å². The Balaban J connectivity index is 0.00000337. The second kappa shape index (κ2) is 12.9. The Morgan fingerprint density at radius 2 is 1.63 bits per heavy atom. The van der Waals surface area contributed by atoms with Crippen molar-refractivity contribution in [3.63, 3.8) is 0 Å². The zero-order chi connectivity index (χ0) is 27.8. The number of hydrogen-bond acceptors (Lipinski definition) is 4. The summed E-state index contributed by atoms with van der Waals surface area (Å²) in [5.74, 6) is 3.43. The van der Waals surface area contributed by atoms with Gasteiger partial charge >= 0.3 is 0 Å². The Kier molecular flexibility index (Phi) is 9.50. The molecule has 218 valence electrons. The SMILES string of the molecule is CN(C)CCCOc1cc(-c2nc(C(=O)NC3C4CC5CC(C4)CC3C5)ccc2-c2ccccc2Cl)ccc1Cl.Cl. The standard InChI is InChI=1S/C33H37Cl2N3O2.ClH/c1-38(2)12-5-13-40-30-19-22(8-10-28(30)35)32-26(25-6-3-4-7-27(25)34)9-11-29(36-32)33(39)37-31-23-15-20-14-21(17-23)18-24(31)16-20;/h3-4,6-11,19-21,23-24,31H,5,12-18H2,1-2H3,(H,37,39);1H. The predicted octanol–water partition coefficient (Wildman–Crippen LogP) is 8.03. The number of carbonyl (C=O) groups excluding carboxylic acids is 1. The summed E-state index contributed by atoms with van der Waals surface area (Å²) >= 11 is 13.1. The lowest BCUT2D eigenvalue weighted by Crippen LogP contribution is -2.55. The Bertz CT molecular complexity index is 1370.